The fraction of sp³-hybridized carbons (Fsp3) is 0.714. The minimum atomic E-state index is -0.935. The largest absolute Gasteiger partial charge is 0.478 e. The fourth-order valence-corrected chi connectivity index (χ4v) is 5.40. The predicted octanol–water partition coefficient (Wildman–Crippen LogP) is 4.60. The van der Waals surface area contributed by atoms with Gasteiger partial charge in [0.1, 0.15) is 5.60 Å². The molecule has 25 heavy (non-hydrogen) atoms. The average molecular weight is 348 g/mol. The zero-order chi connectivity index (χ0) is 18.9. The second kappa shape index (κ2) is 7.35. The lowest BCUT2D eigenvalue weighted by Gasteiger charge is -2.61. The van der Waals surface area contributed by atoms with E-state index in [-0.39, 0.29) is 17.1 Å². The third-order valence-electron chi connectivity index (χ3n) is 6.30. The van der Waals surface area contributed by atoms with E-state index in [1.54, 1.807) is 6.92 Å². The van der Waals surface area contributed by atoms with Crippen LogP contribution in [0.2, 0.25) is 0 Å². The highest BCUT2D eigenvalue weighted by Crippen LogP contribution is 2.61. The van der Waals surface area contributed by atoms with Crippen molar-refractivity contribution in [1.82, 2.24) is 0 Å². The highest BCUT2D eigenvalue weighted by Gasteiger charge is 2.60. The Kier molecular flexibility index (Phi) is 5.80. The maximum absolute atomic E-state index is 12.1. The van der Waals surface area contributed by atoms with Crippen molar-refractivity contribution in [3.63, 3.8) is 0 Å². The third-order valence-corrected chi connectivity index (χ3v) is 6.30. The van der Waals surface area contributed by atoms with E-state index in [2.05, 4.69) is 27.0 Å². The zero-order valence-electron chi connectivity index (χ0n) is 16.0. The Bertz CT molecular complexity index is 532. The first kappa shape index (κ1) is 19.7. The Morgan fingerprint density at radius 3 is 1.64 bits per heavy atom. The molecule has 0 amide bonds. The summed E-state index contributed by atoms with van der Waals surface area (Å²) in [6, 6.07) is 0. The quantitative estimate of drug-likeness (QED) is 0.595. The maximum atomic E-state index is 12.1. The van der Waals surface area contributed by atoms with Gasteiger partial charge in [-0.25, -0.2) is 9.59 Å². The number of carbonyl (C=O) groups excluding carboxylic acids is 1. The molecular weight excluding hydrogens is 316 g/mol. The number of hydrogen-bond donors (Lipinski definition) is 1. The number of rotatable bonds is 4. The summed E-state index contributed by atoms with van der Waals surface area (Å²) in [6.45, 7) is 14.6. The molecule has 4 fully saturated rings. The predicted molar refractivity (Wildman–Crippen MR) is 98.0 cm³/mol. The highest BCUT2D eigenvalue weighted by molar-refractivity contribution is 5.87. The number of carboxylic acids is 1. The number of carboxylic acid groups (broad SMARTS) is 1. The van der Waals surface area contributed by atoms with Crippen molar-refractivity contribution in [2.24, 2.45) is 29.6 Å². The molecule has 140 valence electrons. The molecule has 4 bridgehead atoms. The first-order valence-corrected chi connectivity index (χ1v) is 9.35. The van der Waals surface area contributed by atoms with Crippen molar-refractivity contribution in [1.29, 1.82) is 0 Å². The first-order chi connectivity index (χ1) is 11.6. The number of carbonyl (C=O) groups is 2. The van der Waals surface area contributed by atoms with Crippen LogP contribution >= 0.6 is 0 Å². The van der Waals surface area contributed by atoms with Gasteiger partial charge in [0.2, 0.25) is 0 Å². The van der Waals surface area contributed by atoms with Crippen LogP contribution in [0.25, 0.3) is 0 Å². The standard InChI is InChI=1S/C17H26O2.C4H6O2/c1-10(2)16(18)19-17(11(3)4)14-6-12-5-13(8-14)9-15(17)7-12;1-3(2)4(5)6/h11-15H,1,5-9H2,2-4H3;1H2,2H3,(H,5,6). The Labute approximate surface area is 151 Å². The lowest BCUT2D eigenvalue weighted by molar-refractivity contribution is -0.221. The molecule has 0 aliphatic heterocycles. The smallest absolute Gasteiger partial charge is 0.333 e. The van der Waals surface area contributed by atoms with Crippen LogP contribution in [0.15, 0.2) is 24.3 Å². The van der Waals surface area contributed by atoms with Gasteiger partial charge in [-0.3, -0.25) is 0 Å². The van der Waals surface area contributed by atoms with E-state index in [0.717, 1.165) is 11.8 Å². The van der Waals surface area contributed by atoms with Crippen LogP contribution in [0.3, 0.4) is 0 Å². The van der Waals surface area contributed by atoms with Crippen molar-refractivity contribution >= 4 is 11.9 Å². The Hall–Kier alpha value is -1.58. The molecule has 0 atom stereocenters. The SMILES string of the molecule is C=C(C)C(=O)O.C=C(C)C(=O)OC1(C(C)C)C2CC3CC(C2)CC1C3. The molecule has 4 heteroatoms. The van der Waals surface area contributed by atoms with Gasteiger partial charge in [0.05, 0.1) is 0 Å². The van der Waals surface area contributed by atoms with Crippen molar-refractivity contribution in [3.8, 4) is 0 Å². The number of aliphatic carboxylic acids is 1. The Morgan fingerprint density at radius 1 is 0.960 bits per heavy atom. The first-order valence-electron chi connectivity index (χ1n) is 9.35. The van der Waals surface area contributed by atoms with Gasteiger partial charge in [0.15, 0.2) is 0 Å². The number of esters is 1. The third kappa shape index (κ3) is 3.83. The van der Waals surface area contributed by atoms with E-state index in [4.69, 9.17) is 9.84 Å². The molecule has 0 unspecified atom stereocenters. The summed E-state index contributed by atoms with van der Waals surface area (Å²) < 4.78 is 6.10. The average Bonchev–Trinajstić information content (AvgIpc) is 2.50. The summed E-state index contributed by atoms with van der Waals surface area (Å²) in [5, 5.41) is 7.89. The number of ether oxygens (including phenoxy) is 1. The van der Waals surface area contributed by atoms with Crippen LogP contribution in [0.4, 0.5) is 0 Å². The van der Waals surface area contributed by atoms with E-state index in [1.165, 1.54) is 39.0 Å². The highest BCUT2D eigenvalue weighted by atomic mass is 16.6. The zero-order valence-corrected chi connectivity index (χ0v) is 16.0. The minimum Gasteiger partial charge on any atom is -0.478 e. The lowest BCUT2D eigenvalue weighted by Crippen LogP contribution is -2.62. The minimum absolute atomic E-state index is 0.176. The van der Waals surface area contributed by atoms with Gasteiger partial charge in [-0.15, -0.1) is 0 Å². The second-order valence-corrected chi connectivity index (χ2v) is 8.57. The molecule has 0 aromatic carbocycles. The summed E-state index contributed by atoms with van der Waals surface area (Å²) in [6.07, 6.45) is 6.52. The van der Waals surface area contributed by atoms with E-state index >= 15 is 0 Å². The molecule has 4 saturated carbocycles. The summed E-state index contributed by atoms with van der Waals surface area (Å²) in [5.41, 5.74) is 0.507. The van der Waals surface area contributed by atoms with Crippen molar-refractivity contribution < 1.29 is 19.4 Å². The summed E-state index contributed by atoms with van der Waals surface area (Å²) in [4.78, 5) is 21.7. The molecule has 4 aliphatic carbocycles. The lowest BCUT2D eigenvalue weighted by atomic mass is 9.47. The van der Waals surface area contributed by atoms with Gasteiger partial charge in [-0.2, -0.15) is 0 Å². The van der Waals surface area contributed by atoms with E-state index in [0.29, 0.717) is 23.3 Å². The molecule has 0 heterocycles. The fourth-order valence-electron chi connectivity index (χ4n) is 5.40. The van der Waals surface area contributed by atoms with Gasteiger partial charge in [0, 0.05) is 11.1 Å². The maximum Gasteiger partial charge on any atom is 0.333 e. The molecule has 4 rings (SSSR count). The van der Waals surface area contributed by atoms with Crippen LogP contribution in [0.5, 0.6) is 0 Å². The van der Waals surface area contributed by atoms with Crippen LogP contribution in [0.1, 0.15) is 59.8 Å². The normalized spacial score (nSPS) is 34.9. The van der Waals surface area contributed by atoms with Crippen LogP contribution in [0, 0.1) is 29.6 Å². The van der Waals surface area contributed by atoms with Gasteiger partial charge >= 0.3 is 11.9 Å². The van der Waals surface area contributed by atoms with Crippen molar-refractivity contribution in [3.05, 3.63) is 24.3 Å². The monoisotopic (exact) mass is 348 g/mol. The molecular formula is C21H32O4. The van der Waals surface area contributed by atoms with E-state index in [1.807, 2.05) is 0 Å². The molecule has 1 N–H and O–H groups in total. The molecule has 0 radical (unpaired) electrons. The van der Waals surface area contributed by atoms with Crippen LogP contribution < -0.4 is 0 Å². The van der Waals surface area contributed by atoms with E-state index < -0.39 is 5.97 Å². The van der Waals surface area contributed by atoms with Gasteiger partial charge in [0.25, 0.3) is 0 Å². The molecule has 4 nitrogen and oxygen atoms in total. The molecule has 0 saturated heterocycles. The molecule has 0 spiro atoms. The molecule has 0 aromatic rings. The topological polar surface area (TPSA) is 63.6 Å². The van der Waals surface area contributed by atoms with E-state index in [9.17, 15) is 9.59 Å². The summed E-state index contributed by atoms with van der Waals surface area (Å²) in [5.74, 6) is 2.27. The Balaban J connectivity index is 0.000000326. The van der Waals surface area contributed by atoms with Gasteiger partial charge in [-0.05, 0) is 75.5 Å². The summed E-state index contributed by atoms with van der Waals surface area (Å²) in [7, 11) is 0. The van der Waals surface area contributed by atoms with Crippen LogP contribution in [-0.2, 0) is 14.3 Å². The van der Waals surface area contributed by atoms with Crippen molar-refractivity contribution in [2.75, 3.05) is 0 Å². The molecule has 4 aliphatic rings. The second-order valence-electron chi connectivity index (χ2n) is 8.57. The molecule has 0 aromatic heterocycles. The summed E-state index contributed by atoms with van der Waals surface area (Å²) >= 11 is 0. The Morgan fingerprint density at radius 2 is 1.36 bits per heavy atom. The van der Waals surface area contributed by atoms with Crippen molar-refractivity contribution in [2.45, 2.75) is 65.4 Å². The van der Waals surface area contributed by atoms with Gasteiger partial charge < -0.3 is 9.84 Å². The van der Waals surface area contributed by atoms with Gasteiger partial charge in [-0.1, -0.05) is 27.0 Å². The van der Waals surface area contributed by atoms with Crippen LogP contribution in [-0.4, -0.2) is 22.6 Å². The number of hydrogen-bond acceptors (Lipinski definition) is 3.